The van der Waals surface area contributed by atoms with E-state index in [9.17, 15) is 4.79 Å². The van der Waals surface area contributed by atoms with E-state index in [1.165, 1.54) is 0 Å². The third kappa shape index (κ3) is 2.80. The van der Waals surface area contributed by atoms with Gasteiger partial charge in [-0.1, -0.05) is 24.3 Å². The summed E-state index contributed by atoms with van der Waals surface area (Å²) in [5.41, 5.74) is 1.26. The second-order valence-electron chi connectivity index (χ2n) is 5.32. The number of aliphatic hydroxyl groups excluding tert-OH is 1. The molecule has 0 radical (unpaired) electrons. The largest absolute Gasteiger partial charge is 0.396 e. The van der Waals surface area contributed by atoms with Crippen molar-refractivity contribution in [2.45, 2.75) is 25.3 Å². The molecule has 1 aliphatic rings. The summed E-state index contributed by atoms with van der Waals surface area (Å²) < 4.78 is 0. The molecule has 1 heterocycles. The zero-order chi connectivity index (χ0) is 13.9. The average Bonchev–Trinajstić information content (AvgIpc) is 3.31. The Bertz CT molecular complexity index is 623. The van der Waals surface area contributed by atoms with Gasteiger partial charge in [-0.25, -0.2) is 4.98 Å². The van der Waals surface area contributed by atoms with Crippen LogP contribution in [0.25, 0.3) is 10.9 Å². The van der Waals surface area contributed by atoms with Crippen molar-refractivity contribution < 1.29 is 9.90 Å². The summed E-state index contributed by atoms with van der Waals surface area (Å²) in [4.78, 5) is 16.6. The molecule has 0 bridgehead atoms. The molecule has 1 aliphatic carbocycles. The summed E-state index contributed by atoms with van der Waals surface area (Å²) in [5, 5.41) is 13.1. The van der Waals surface area contributed by atoms with Gasteiger partial charge in [0.25, 0.3) is 5.91 Å². The van der Waals surface area contributed by atoms with Gasteiger partial charge in [-0.05, 0) is 37.3 Å². The minimum Gasteiger partial charge on any atom is -0.396 e. The van der Waals surface area contributed by atoms with Crippen molar-refractivity contribution in [3.63, 3.8) is 0 Å². The number of aromatic nitrogens is 1. The molecule has 0 aliphatic heterocycles. The van der Waals surface area contributed by atoms with E-state index in [1.54, 1.807) is 6.07 Å². The molecule has 4 heteroatoms. The first-order valence-corrected chi connectivity index (χ1v) is 7.05. The maximum atomic E-state index is 12.3. The lowest BCUT2D eigenvalue weighted by atomic mass is 10.1. The van der Waals surface area contributed by atoms with Crippen LogP contribution in [0.4, 0.5) is 0 Å². The Morgan fingerprint density at radius 1 is 1.30 bits per heavy atom. The fraction of sp³-hybridized carbons (Fsp3) is 0.375. The topological polar surface area (TPSA) is 62.2 Å². The number of fused-ring (bicyclic) bond motifs is 1. The Balaban J connectivity index is 1.77. The predicted molar refractivity (Wildman–Crippen MR) is 77.4 cm³/mol. The molecule has 0 saturated heterocycles. The van der Waals surface area contributed by atoms with Crippen molar-refractivity contribution in [2.75, 3.05) is 6.61 Å². The maximum absolute atomic E-state index is 12.3. The molecule has 3 rings (SSSR count). The number of carbonyl (C=O) groups is 1. The van der Waals surface area contributed by atoms with Gasteiger partial charge >= 0.3 is 0 Å². The van der Waals surface area contributed by atoms with Crippen LogP contribution in [0.1, 0.15) is 29.8 Å². The summed E-state index contributed by atoms with van der Waals surface area (Å²) in [6.07, 6.45) is 2.89. The van der Waals surface area contributed by atoms with E-state index >= 15 is 0 Å². The van der Waals surface area contributed by atoms with Crippen LogP contribution in [0.5, 0.6) is 0 Å². The normalized spacial score (nSPS) is 16.1. The number of hydrogen-bond acceptors (Lipinski definition) is 3. The fourth-order valence-electron chi connectivity index (χ4n) is 2.50. The van der Waals surface area contributed by atoms with Crippen molar-refractivity contribution in [2.24, 2.45) is 5.92 Å². The molecule has 1 amide bonds. The van der Waals surface area contributed by atoms with Gasteiger partial charge in [0.2, 0.25) is 0 Å². The number of pyridine rings is 1. The molecule has 1 aromatic heterocycles. The second-order valence-corrected chi connectivity index (χ2v) is 5.32. The van der Waals surface area contributed by atoms with Gasteiger partial charge < -0.3 is 10.4 Å². The van der Waals surface area contributed by atoms with Crippen molar-refractivity contribution >= 4 is 16.8 Å². The lowest BCUT2D eigenvalue weighted by molar-refractivity contribution is 0.0919. The summed E-state index contributed by atoms with van der Waals surface area (Å²) in [7, 11) is 0. The Morgan fingerprint density at radius 2 is 2.10 bits per heavy atom. The minimum absolute atomic E-state index is 0.0702. The molecule has 0 spiro atoms. The number of carbonyl (C=O) groups excluding carboxylic acids is 1. The van der Waals surface area contributed by atoms with Crippen LogP contribution >= 0.6 is 0 Å². The van der Waals surface area contributed by atoms with E-state index in [1.807, 2.05) is 30.3 Å². The third-order valence-corrected chi connectivity index (χ3v) is 3.78. The molecule has 1 saturated carbocycles. The van der Waals surface area contributed by atoms with Crippen LogP contribution in [0.15, 0.2) is 36.4 Å². The van der Waals surface area contributed by atoms with Crippen molar-refractivity contribution in [1.29, 1.82) is 0 Å². The summed E-state index contributed by atoms with van der Waals surface area (Å²) >= 11 is 0. The molecule has 1 atom stereocenters. The van der Waals surface area contributed by atoms with E-state index in [4.69, 9.17) is 5.11 Å². The number of amides is 1. The summed E-state index contributed by atoms with van der Waals surface area (Å²) in [6, 6.07) is 11.5. The molecule has 2 N–H and O–H groups in total. The first kappa shape index (κ1) is 13.1. The van der Waals surface area contributed by atoms with Crippen LogP contribution in [-0.2, 0) is 0 Å². The lowest BCUT2D eigenvalue weighted by Crippen LogP contribution is -2.37. The highest BCUT2D eigenvalue weighted by atomic mass is 16.3. The zero-order valence-corrected chi connectivity index (χ0v) is 11.2. The zero-order valence-electron chi connectivity index (χ0n) is 11.2. The molecule has 1 aromatic carbocycles. The van der Waals surface area contributed by atoms with Gasteiger partial charge in [0.15, 0.2) is 0 Å². The molecule has 2 aromatic rings. The third-order valence-electron chi connectivity index (χ3n) is 3.78. The highest BCUT2D eigenvalue weighted by molar-refractivity contribution is 5.95. The van der Waals surface area contributed by atoms with Gasteiger partial charge in [0.05, 0.1) is 5.52 Å². The molecule has 20 heavy (non-hydrogen) atoms. The van der Waals surface area contributed by atoms with Crippen LogP contribution in [0.2, 0.25) is 0 Å². The predicted octanol–water partition coefficient (Wildman–Crippen LogP) is 2.13. The van der Waals surface area contributed by atoms with Crippen LogP contribution in [0.3, 0.4) is 0 Å². The van der Waals surface area contributed by atoms with Gasteiger partial charge in [0, 0.05) is 18.0 Å². The average molecular weight is 270 g/mol. The monoisotopic (exact) mass is 270 g/mol. The van der Waals surface area contributed by atoms with E-state index < -0.39 is 0 Å². The molecular formula is C16H18N2O2. The van der Waals surface area contributed by atoms with E-state index in [-0.39, 0.29) is 18.6 Å². The van der Waals surface area contributed by atoms with E-state index in [0.717, 1.165) is 23.7 Å². The molecule has 104 valence electrons. The standard InChI is InChI=1S/C16H18N2O2/c19-10-9-14(12-5-6-12)18-16(20)15-8-7-11-3-1-2-4-13(11)17-15/h1-4,7-8,12,14,19H,5-6,9-10H2,(H,18,20). The fourth-order valence-corrected chi connectivity index (χ4v) is 2.50. The number of para-hydroxylation sites is 1. The first-order valence-electron chi connectivity index (χ1n) is 7.05. The first-order chi connectivity index (χ1) is 9.78. The number of nitrogens with one attached hydrogen (secondary N) is 1. The number of rotatable bonds is 5. The SMILES string of the molecule is O=C(NC(CCO)C1CC1)c1ccc2ccccc2n1. The maximum Gasteiger partial charge on any atom is 0.270 e. The smallest absolute Gasteiger partial charge is 0.270 e. The van der Waals surface area contributed by atoms with E-state index in [2.05, 4.69) is 10.3 Å². The number of hydrogen-bond donors (Lipinski definition) is 2. The summed E-state index contributed by atoms with van der Waals surface area (Å²) in [6.45, 7) is 0.104. The number of nitrogens with zero attached hydrogens (tertiary/aromatic N) is 1. The quantitative estimate of drug-likeness (QED) is 0.875. The Hall–Kier alpha value is -1.94. The minimum atomic E-state index is -0.152. The molecule has 1 unspecified atom stereocenters. The Labute approximate surface area is 117 Å². The number of benzene rings is 1. The van der Waals surface area contributed by atoms with Gasteiger partial charge in [-0.2, -0.15) is 0 Å². The van der Waals surface area contributed by atoms with Crippen molar-refractivity contribution in [1.82, 2.24) is 10.3 Å². The Morgan fingerprint density at radius 3 is 2.85 bits per heavy atom. The van der Waals surface area contributed by atoms with Crippen LogP contribution in [-0.4, -0.2) is 28.6 Å². The van der Waals surface area contributed by atoms with Gasteiger partial charge in [-0.15, -0.1) is 0 Å². The van der Waals surface area contributed by atoms with Crippen LogP contribution < -0.4 is 5.32 Å². The second kappa shape index (κ2) is 5.59. The molecular weight excluding hydrogens is 252 g/mol. The van der Waals surface area contributed by atoms with Crippen molar-refractivity contribution in [3.8, 4) is 0 Å². The van der Waals surface area contributed by atoms with E-state index in [0.29, 0.717) is 18.0 Å². The van der Waals surface area contributed by atoms with Crippen molar-refractivity contribution in [3.05, 3.63) is 42.1 Å². The van der Waals surface area contributed by atoms with Crippen LogP contribution in [0, 0.1) is 5.92 Å². The Kier molecular flexibility index (Phi) is 3.65. The van der Waals surface area contributed by atoms with Gasteiger partial charge in [-0.3, -0.25) is 4.79 Å². The summed E-state index contributed by atoms with van der Waals surface area (Å²) in [5.74, 6) is 0.368. The highest BCUT2D eigenvalue weighted by Crippen LogP contribution is 2.34. The molecule has 1 fully saturated rings. The highest BCUT2D eigenvalue weighted by Gasteiger charge is 2.32. The lowest BCUT2D eigenvalue weighted by Gasteiger charge is -2.16. The number of aliphatic hydroxyl groups is 1. The molecule has 4 nitrogen and oxygen atoms in total. The van der Waals surface area contributed by atoms with Gasteiger partial charge in [0.1, 0.15) is 5.69 Å².